The van der Waals surface area contributed by atoms with Gasteiger partial charge in [-0.2, -0.15) is 4.99 Å². The molecule has 0 aliphatic heterocycles. The van der Waals surface area contributed by atoms with Gasteiger partial charge in [0.1, 0.15) is 5.56 Å². The highest BCUT2D eigenvalue weighted by Crippen LogP contribution is 2.25. The zero-order valence-corrected chi connectivity index (χ0v) is 17.8. The van der Waals surface area contributed by atoms with E-state index in [-0.39, 0.29) is 16.3 Å². The number of aromatic nitrogens is 1. The Balaban J connectivity index is 2.18. The number of halogens is 1. The second-order valence-electron chi connectivity index (χ2n) is 6.50. The summed E-state index contributed by atoms with van der Waals surface area (Å²) in [4.78, 5) is 28.2. The minimum absolute atomic E-state index is 0.135. The van der Waals surface area contributed by atoms with Crippen molar-refractivity contribution in [2.24, 2.45) is 4.99 Å². The number of hydrogen-bond donors (Lipinski definition) is 0. The van der Waals surface area contributed by atoms with Crippen LogP contribution in [-0.4, -0.2) is 28.6 Å². The summed E-state index contributed by atoms with van der Waals surface area (Å²) in [7, 11) is 0. The first-order valence-electron chi connectivity index (χ1n) is 9.03. The van der Waals surface area contributed by atoms with Gasteiger partial charge in [0, 0.05) is 24.2 Å². The van der Waals surface area contributed by atoms with Crippen LogP contribution in [0.1, 0.15) is 28.4 Å². The molecule has 2 aromatic carbocycles. The van der Waals surface area contributed by atoms with E-state index in [1.54, 1.807) is 0 Å². The van der Waals surface area contributed by atoms with Gasteiger partial charge >= 0.3 is 0 Å². The van der Waals surface area contributed by atoms with Crippen molar-refractivity contribution in [1.82, 2.24) is 4.57 Å². The largest absolute Gasteiger partial charge is 0.380 e. The summed E-state index contributed by atoms with van der Waals surface area (Å²) in [6.07, 6.45) is 0. The summed E-state index contributed by atoms with van der Waals surface area (Å²) >= 11 is 7.33. The number of hydrogen-bond acceptors (Lipinski definition) is 5. The summed E-state index contributed by atoms with van der Waals surface area (Å²) in [5.74, 6) is -0.703. The van der Waals surface area contributed by atoms with Gasteiger partial charge in [-0.05, 0) is 50.1 Å². The number of carbonyl (C=O) groups excluding carboxylic acids is 1. The molecule has 0 atom stereocenters. The molecule has 0 saturated carbocycles. The molecular formula is C20H20ClN3O4S. The molecule has 0 aliphatic carbocycles. The fourth-order valence-electron chi connectivity index (χ4n) is 3.10. The lowest BCUT2D eigenvalue weighted by Gasteiger charge is -2.07. The topological polar surface area (TPSA) is 86.7 Å². The van der Waals surface area contributed by atoms with Crippen LogP contribution in [0.4, 0.5) is 5.69 Å². The van der Waals surface area contributed by atoms with Crippen LogP contribution < -0.4 is 4.80 Å². The predicted octanol–water partition coefficient (Wildman–Crippen LogP) is 4.66. The Hall–Kier alpha value is -2.55. The first-order valence-corrected chi connectivity index (χ1v) is 10.2. The molecule has 9 heteroatoms. The minimum Gasteiger partial charge on any atom is -0.380 e. The van der Waals surface area contributed by atoms with Crippen LogP contribution in [0.25, 0.3) is 10.2 Å². The first-order chi connectivity index (χ1) is 13.8. The Kier molecular flexibility index (Phi) is 6.46. The molecule has 152 valence electrons. The van der Waals surface area contributed by atoms with Crippen molar-refractivity contribution in [1.29, 1.82) is 0 Å². The van der Waals surface area contributed by atoms with Gasteiger partial charge in [0.2, 0.25) is 0 Å². The number of benzene rings is 2. The molecule has 1 aromatic heterocycles. The van der Waals surface area contributed by atoms with Gasteiger partial charge in [-0.25, -0.2) is 0 Å². The fraction of sp³-hybridized carbons (Fsp3) is 0.300. The molecule has 0 aliphatic rings. The van der Waals surface area contributed by atoms with E-state index in [0.29, 0.717) is 24.6 Å². The van der Waals surface area contributed by atoms with E-state index in [1.165, 1.54) is 29.5 Å². The maximum Gasteiger partial charge on any atom is 0.286 e. The molecule has 7 nitrogen and oxygen atoms in total. The van der Waals surface area contributed by atoms with E-state index < -0.39 is 10.8 Å². The van der Waals surface area contributed by atoms with Crippen molar-refractivity contribution in [3.63, 3.8) is 0 Å². The Morgan fingerprint density at radius 3 is 2.76 bits per heavy atom. The van der Waals surface area contributed by atoms with Gasteiger partial charge in [0.05, 0.1) is 21.7 Å². The van der Waals surface area contributed by atoms with Crippen LogP contribution in [-0.2, 0) is 11.3 Å². The Bertz CT molecular complexity index is 1170. The Morgan fingerprint density at radius 1 is 1.31 bits per heavy atom. The third-order valence-corrected chi connectivity index (χ3v) is 5.83. The zero-order chi connectivity index (χ0) is 21.1. The fourth-order valence-corrected chi connectivity index (χ4v) is 4.38. The quantitative estimate of drug-likeness (QED) is 0.321. The van der Waals surface area contributed by atoms with Crippen molar-refractivity contribution in [3.8, 4) is 0 Å². The van der Waals surface area contributed by atoms with E-state index in [4.69, 9.17) is 16.3 Å². The van der Waals surface area contributed by atoms with Crippen molar-refractivity contribution < 1.29 is 14.5 Å². The number of nitrogens with zero attached hydrogens (tertiary/aromatic N) is 3. The third-order valence-electron chi connectivity index (χ3n) is 4.36. The van der Waals surface area contributed by atoms with Gasteiger partial charge in [0.25, 0.3) is 11.6 Å². The highest BCUT2D eigenvalue weighted by atomic mass is 35.5. The summed E-state index contributed by atoms with van der Waals surface area (Å²) < 4.78 is 8.41. The van der Waals surface area contributed by atoms with Gasteiger partial charge in [0.15, 0.2) is 4.80 Å². The molecule has 1 heterocycles. The third kappa shape index (κ3) is 4.55. The van der Waals surface area contributed by atoms with E-state index in [1.807, 2.05) is 31.4 Å². The van der Waals surface area contributed by atoms with Crippen molar-refractivity contribution in [2.45, 2.75) is 27.3 Å². The molecule has 0 fully saturated rings. The van der Waals surface area contributed by atoms with Crippen LogP contribution in [0, 0.1) is 24.0 Å². The molecule has 29 heavy (non-hydrogen) atoms. The monoisotopic (exact) mass is 433 g/mol. The van der Waals surface area contributed by atoms with Crippen molar-refractivity contribution >= 4 is 44.7 Å². The molecule has 0 N–H and O–H groups in total. The standard InChI is InChI=1S/C20H20ClN3O4S/c1-4-28-8-7-23-17-10-12(2)9-13(3)18(17)29-20(23)22-19(25)15-11-14(21)5-6-16(15)24(26)27/h5-6,9-11H,4,7-8H2,1-3H3. The zero-order valence-electron chi connectivity index (χ0n) is 16.3. The number of nitro benzene ring substituents is 1. The van der Waals surface area contributed by atoms with E-state index in [2.05, 4.69) is 11.1 Å². The maximum absolute atomic E-state index is 12.8. The minimum atomic E-state index is -0.703. The molecule has 1 amide bonds. The number of amides is 1. The van der Waals surface area contributed by atoms with E-state index >= 15 is 0 Å². The number of fused-ring (bicyclic) bond motifs is 1. The predicted molar refractivity (Wildman–Crippen MR) is 114 cm³/mol. The molecule has 3 rings (SSSR count). The second-order valence-corrected chi connectivity index (χ2v) is 7.91. The van der Waals surface area contributed by atoms with Gasteiger partial charge in [-0.3, -0.25) is 14.9 Å². The second kappa shape index (κ2) is 8.86. The summed E-state index contributed by atoms with van der Waals surface area (Å²) in [5, 5.41) is 11.5. The summed E-state index contributed by atoms with van der Waals surface area (Å²) in [6.45, 7) is 7.49. The van der Waals surface area contributed by atoms with Crippen LogP contribution in [0.5, 0.6) is 0 Å². The number of thiazole rings is 1. The highest BCUT2D eigenvalue weighted by molar-refractivity contribution is 7.16. The smallest absolute Gasteiger partial charge is 0.286 e. The maximum atomic E-state index is 12.8. The number of aryl methyl sites for hydroxylation is 2. The normalized spacial score (nSPS) is 11.9. The van der Waals surface area contributed by atoms with E-state index in [0.717, 1.165) is 21.3 Å². The molecule has 0 unspecified atom stereocenters. The van der Waals surface area contributed by atoms with E-state index in [9.17, 15) is 14.9 Å². The average Bonchev–Trinajstić information content (AvgIpc) is 2.99. The molecule has 0 spiro atoms. The number of ether oxygens (including phenoxy) is 1. The lowest BCUT2D eigenvalue weighted by Crippen LogP contribution is -2.20. The molecule has 0 saturated heterocycles. The Labute approximate surface area is 176 Å². The molecule has 3 aromatic rings. The number of nitro groups is 1. The highest BCUT2D eigenvalue weighted by Gasteiger charge is 2.21. The molecule has 0 radical (unpaired) electrons. The van der Waals surface area contributed by atoms with Crippen LogP contribution in [0.3, 0.4) is 0 Å². The van der Waals surface area contributed by atoms with Crippen LogP contribution in [0.15, 0.2) is 35.3 Å². The number of rotatable bonds is 6. The SMILES string of the molecule is CCOCCn1c(=NC(=O)c2cc(Cl)ccc2[N+](=O)[O-])sc2c(C)cc(C)cc21. The number of carbonyl (C=O) groups is 1. The molecular weight excluding hydrogens is 414 g/mol. The lowest BCUT2D eigenvalue weighted by atomic mass is 10.1. The van der Waals surface area contributed by atoms with Crippen molar-refractivity contribution in [2.75, 3.05) is 13.2 Å². The van der Waals surface area contributed by atoms with Crippen LogP contribution in [0.2, 0.25) is 5.02 Å². The Morgan fingerprint density at radius 2 is 2.07 bits per heavy atom. The lowest BCUT2D eigenvalue weighted by molar-refractivity contribution is -0.385. The average molecular weight is 434 g/mol. The van der Waals surface area contributed by atoms with Crippen molar-refractivity contribution in [3.05, 3.63) is 67.0 Å². The van der Waals surface area contributed by atoms with Gasteiger partial charge < -0.3 is 9.30 Å². The molecule has 0 bridgehead atoms. The van der Waals surface area contributed by atoms with Crippen LogP contribution >= 0.6 is 22.9 Å². The van der Waals surface area contributed by atoms with Gasteiger partial charge in [-0.15, -0.1) is 0 Å². The first kappa shape index (κ1) is 21.2. The summed E-state index contributed by atoms with van der Waals surface area (Å²) in [5.41, 5.74) is 2.68. The van der Waals surface area contributed by atoms with Gasteiger partial charge in [-0.1, -0.05) is 29.0 Å². The summed E-state index contributed by atoms with van der Waals surface area (Å²) in [6, 6.07) is 7.98.